The number of nitrogens with one attached hydrogen (secondary N) is 1. The molecule has 0 atom stereocenters. The van der Waals surface area contributed by atoms with E-state index in [1.807, 2.05) is 13.8 Å². The summed E-state index contributed by atoms with van der Waals surface area (Å²) in [6.45, 7) is 7.50. The molecule has 1 amide bonds. The molecule has 0 unspecified atom stereocenters. The summed E-state index contributed by atoms with van der Waals surface area (Å²) in [4.78, 5) is 36.1. The van der Waals surface area contributed by atoms with Gasteiger partial charge in [0, 0.05) is 17.7 Å². The topological polar surface area (TPSA) is 81.7 Å². The summed E-state index contributed by atoms with van der Waals surface area (Å²) in [6, 6.07) is 12.9. The fourth-order valence-corrected chi connectivity index (χ4v) is 2.46. The van der Waals surface area contributed by atoms with Gasteiger partial charge in [0.25, 0.3) is 0 Å². The third-order valence-electron chi connectivity index (χ3n) is 3.88. The predicted molar refractivity (Wildman–Crippen MR) is 111 cm³/mol. The highest BCUT2D eigenvalue weighted by atomic mass is 16.5. The molecule has 0 radical (unpaired) electrons. The molecule has 2 aromatic rings. The summed E-state index contributed by atoms with van der Waals surface area (Å²) in [6.07, 6.45) is 2.05. The molecule has 1 N–H and O–H groups in total. The molecule has 0 aliphatic rings. The Kier molecular flexibility index (Phi) is 8.15. The molecule has 0 bridgehead atoms. The van der Waals surface area contributed by atoms with Crippen LogP contribution in [0.3, 0.4) is 0 Å². The van der Waals surface area contributed by atoms with E-state index in [4.69, 9.17) is 9.47 Å². The van der Waals surface area contributed by atoms with Crippen molar-refractivity contribution in [3.05, 3.63) is 72.3 Å². The molecule has 0 aromatic heterocycles. The minimum atomic E-state index is -0.591. The van der Waals surface area contributed by atoms with Crippen molar-refractivity contribution in [2.75, 3.05) is 18.5 Å². The number of ether oxygens (including phenoxy) is 2. The van der Waals surface area contributed by atoms with E-state index >= 15 is 0 Å². The Morgan fingerprint density at radius 1 is 1.00 bits per heavy atom. The summed E-state index contributed by atoms with van der Waals surface area (Å²) < 4.78 is 10.4. The van der Waals surface area contributed by atoms with Crippen molar-refractivity contribution in [2.24, 2.45) is 5.92 Å². The molecule has 0 heterocycles. The van der Waals surface area contributed by atoms with Crippen LogP contribution in [0.15, 0.2) is 61.2 Å². The van der Waals surface area contributed by atoms with Gasteiger partial charge in [-0.2, -0.15) is 0 Å². The van der Waals surface area contributed by atoms with Gasteiger partial charge in [0.1, 0.15) is 12.4 Å². The third kappa shape index (κ3) is 7.25. The number of esters is 1. The summed E-state index contributed by atoms with van der Waals surface area (Å²) in [5, 5.41) is 2.78. The zero-order valence-corrected chi connectivity index (χ0v) is 16.6. The molecule has 0 fully saturated rings. The number of anilines is 1. The first-order valence-corrected chi connectivity index (χ1v) is 9.33. The maximum atomic E-state index is 12.2. The quantitative estimate of drug-likeness (QED) is 0.369. The first kappa shape index (κ1) is 21.9. The summed E-state index contributed by atoms with van der Waals surface area (Å²) in [5.41, 5.74) is 1.34. The van der Waals surface area contributed by atoms with Gasteiger partial charge in [-0.3, -0.25) is 9.59 Å². The van der Waals surface area contributed by atoms with Gasteiger partial charge in [0.2, 0.25) is 5.91 Å². The Balaban J connectivity index is 1.85. The van der Waals surface area contributed by atoms with Crippen LogP contribution in [0.25, 0.3) is 0 Å². The lowest BCUT2D eigenvalue weighted by molar-refractivity contribution is -0.116. The largest absolute Gasteiger partial charge is 0.490 e. The van der Waals surface area contributed by atoms with Gasteiger partial charge in [-0.1, -0.05) is 26.5 Å². The zero-order chi connectivity index (χ0) is 21.2. The van der Waals surface area contributed by atoms with Gasteiger partial charge in [0.05, 0.1) is 5.56 Å². The normalized spacial score (nSPS) is 10.3. The molecule has 2 rings (SSSR count). The van der Waals surface area contributed by atoms with E-state index in [9.17, 15) is 14.4 Å². The van der Waals surface area contributed by atoms with E-state index in [1.54, 1.807) is 54.6 Å². The first-order chi connectivity index (χ1) is 13.9. The second-order valence-electron chi connectivity index (χ2n) is 6.85. The number of amides is 1. The van der Waals surface area contributed by atoms with Crippen LogP contribution >= 0.6 is 0 Å². The molecule has 0 saturated heterocycles. The molecular formula is C23H25NO5. The van der Waals surface area contributed by atoms with E-state index < -0.39 is 5.97 Å². The minimum Gasteiger partial charge on any atom is -0.490 e. The van der Waals surface area contributed by atoms with Crippen molar-refractivity contribution in [1.82, 2.24) is 0 Å². The monoisotopic (exact) mass is 395 g/mol. The van der Waals surface area contributed by atoms with E-state index in [0.717, 1.165) is 0 Å². The van der Waals surface area contributed by atoms with Crippen LogP contribution in [0.2, 0.25) is 0 Å². The lowest BCUT2D eigenvalue weighted by Crippen LogP contribution is -2.15. The molecule has 0 aliphatic heterocycles. The van der Waals surface area contributed by atoms with Crippen LogP contribution in [-0.4, -0.2) is 30.9 Å². The Morgan fingerprint density at radius 2 is 1.62 bits per heavy atom. The predicted octanol–water partition coefficient (Wildman–Crippen LogP) is 4.28. The van der Waals surface area contributed by atoms with Gasteiger partial charge in [0.15, 0.2) is 12.4 Å². The molecule has 0 spiro atoms. The van der Waals surface area contributed by atoms with Crippen molar-refractivity contribution in [3.8, 4) is 5.75 Å². The fraction of sp³-hybridized carbons (Fsp3) is 0.261. The van der Waals surface area contributed by atoms with E-state index in [0.29, 0.717) is 35.6 Å². The number of carbonyl (C=O) groups is 3. The molecule has 152 valence electrons. The summed E-state index contributed by atoms with van der Waals surface area (Å²) in [7, 11) is 0. The Hall–Kier alpha value is -3.41. The summed E-state index contributed by atoms with van der Waals surface area (Å²) in [5.74, 6) is -0.121. The number of ketones is 1. The fourth-order valence-electron chi connectivity index (χ4n) is 2.46. The van der Waals surface area contributed by atoms with Crippen LogP contribution in [0.1, 0.15) is 41.0 Å². The van der Waals surface area contributed by atoms with Gasteiger partial charge in [-0.15, -0.1) is 0 Å². The second-order valence-corrected chi connectivity index (χ2v) is 6.85. The maximum Gasteiger partial charge on any atom is 0.338 e. The van der Waals surface area contributed by atoms with Crippen molar-refractivity contribution in [1.29, 1.82) is 0 Å². The van der Waals surface area contributed by atoms with Crippen LogP contribution in [-0.2, 0) is 9.53 Å². The number of Topliss-reactive ketones (excluding diaryl/α,β-unsaturated/α-hetero) is 1. The van der Waals surface area contributed by atoms with Gasteiger partial charge >= 0.3 is 5.97 Å². The lowest BCUT2D eigenvalue weighted by Gasteiger charge is -2.08. The molecule has 6 nitrogen and oxygen atoms in total. The highest BCUT2D eigenvalue weighted by molar-refractivity contribution is 6.00. The Labute approximate surface area is 170 Å². The molecular weight excluding hydrogens is 370 g/mol. The SMILES string of the molecule is C=CCOc1ccc(C(=O)OCC(=O)c2ccc(NC(=O)CC(C)C)cc2)cc1. The Bertz CT molecular complexity index is 854. The van der Waals surface area contributed by atoms with Gasteiger partial charge in [-0.25, -0.2) is 4.79 Å². The molecule has 6 heteroatoms. The van der Waals surface area contributed by atoms with Crippen LogP contribution in [0, 0.1) is 5.92 Å². The number of hydrogen-bond acceptors (Lipinski definition) is 5. The smallest absolute Gasteiger partial charge is 0.338 e. The molecule has 0 saturated carbocycles. The van der Waals surface area contributed by atoms with Crippen molar-refractivity contribution < 1.29 is 23.9 Å². The minimum absolute atomic E-state index is 0.0751. The second kappa shape index (κ2) is 10.8. The zero-order valence-electron chi connectivity index (χ0n) is 16.6. The van der Waals surface area contributed by atoms with Crippen LogP contribution in [0.4, 0.5) is 5.69 Å². The molecule has 0 aliphatic carbocycles. The summed E-state index contributed by atoms with van der Waals surface area (Å²) >= 11 is 0. The van der Waals surface area contributed by atoms with Crippen LogP contribution < -0.4 is 10.1 Å². The maximum absolute atomic E-state index is 12.2. The van der Waals surface area contributed by atoms with Crippen molar-refractivity contribution in [2.45, 2.75) is 20.3 Å². The number of hydrogen-bond donors (Lipinski definition) is 1. The average molecular weight is 395 g/mol. The highest BCUT2D eigenvalue weighted by Gasteiger charge is 2.12. The van der Waals surface area contributed by atoms with Crippen LogP contribution in [0.5, 0.6) is 5.75 Å². The number of benzene rings is 2. The third-order valence-corrected chi connectivity index (χ3v) is 3.88. The van der Waals surface area contributed by atoms with E-state index in [2.05, 4.69) is 11.9 Å². The van der Waals surface area contributed by atoms with E-state index in [-0.39, 0.29) is 24.2 Å². The number of carbonyl (C=O) groups excluding carboxylic acids is 3. The lowest BCUT2D eigenvalue weighted by atomic mass is 10.1. The Morgan fingerprint density at radius 3 is 2.21 bits per heavy atom. The molecule has 29 heavy (non-hydrogen) atoms. The first-order valence-electron chi connectivity index (χ1n) is 9.33. The van der Waals surface area contributed by atoms with Crippen molar-refractivity contribution >= 4 is 23.3 Å². The van der Waals surface area contributed by atoms with Gasteiger partial charge < -0.3 is 14.8 Å². The standard InChI is InChI=1S/C23H25NO5/c1-4-13-28-20-11-7-18(8-12-20)23(27)29-15-21(25)17-5-9-19(10-6-17)24-22(26)14-16(2)3/h4-12,16H,1,13-15H2,2-3H3,(H,24,26). The van der Waals surface area contributed by atoms with Gasteiger partial charge in [-0.05, 0) is 54.4 Å². The highest BCUT2D eigenvalue weighted by Crippen LogP contribution is 2.14. The van der Waals surface area contributed by atoms with E-state index in [1.165, 1.54) is 0 Å². The number of rotatable bonds is 10. The van der Waals surface area contributed by atoms with Crippen molar-refractivity contribution in [3.63, 3.8) is 0 Å². The average Bonchev–Trinajstić information content (AvgIpc) is 2.70. The molecule has 2 aromatic carbocycles.